The molecule has 1 unspecified atom stereocenters. The predicted molar refractivity (Wildman–Crippen MR) is 70.9 cm³/mol. The van der Waals surface area contributed by atoms with Gasteiger partial charge in [-0.2, -0.15) is 0 Å². The second kappa shape index (κ2) is 7.30. The maximum atomic E-state index is 2.49. The molecule has 0 heterocycles. The topological polar surface area (TPSA) is 0 Å². The molecule has 0 saturated heterocycles. The molecule has 0 fully saturated rings. The minimum absolute atomic E-state index is 0.596. The van der Waals surface area contributed by atoms with Crippen molar-refractivity contribution in [2.24, 2.45) is 11.3 Å². The Bertz CT molecular complexity index is 140. The Hall–Kier alpha value is 0. The maximum absolute atomic E-state index is 2.49. The van der Waals surface area contributed by atoms with E-state index in [1.165, 1.54) is 38.5 Å². The minimum atomic E-state index is 0.596. The van der Waals surface area contributed by atoms with Crippen molar-refractivity contribution in [2.75, 3.05) is 0 Å². The Labute approximate surface area is 97.8 Å². The van der Waals surface area contributed by atoms with Crippen molar-refractivity contribution in [3.05, 3.63) is 5.92 Å². The monoisotopic (exact) mass is 211 g/mol. The van der Waals surface area contributed by atoms with Gasteiger partial charge < -0.3 is 0 Å². The summed E-state index contributed by atoms with van der Waals surface area (Å²) in [4.78, 5) is 0. The van der Waals surface area contributed by atoms with E-state index < -0.39 is 0 Å². The van der Waals surface area contributed by atoms with Gasteiger partial charge in [-0.3, -0.25) is 0 Å². The van der Waals surface area contributed by atoms with Gasteiger partial charge in [0.05, 0.1) is 0 Å². The molecule has 0 rings (SSSR count). The van der Waals surface area contributed by atoms with Gasteiger partial charge in [0.2, 0.25) is 0 Å². The fourth-order valence-corrected chi connectivity index (χ4v) is 3.15. The molecule has 0 amide bonds. The molecule has 15 heavy (non-hydrogen) atoms. The average Bonchev–Trinajstić information content (AvgIpc) is 2.01. The van der Waals surface area contributed by atoms with Crippen LogP contribution >= 0.6 is 0 Å². The first-order chi connectivity index (χ1) is 6.93. The van der Waals surface area contributed by atoms with Crippen molar-refractivity contribution >= 4 is 0 Å². The maximum Gasteiger partial charge on any atom is -0.0300 e. The van der Waals surface area contributed by atoms with E-state index in [1.54, 1.807) is 5.92 Å². The lowest BCUT2D eigenvalue weighted by atomic mass is 9.73. The first kappa shape index (κ1) is 15.0. The van der Waals surface area contributed by atoms with Crippen LogP contribution in [0, 0.1) is 17.3 Å². The number of hydrogen-bond donors (Lipinski definition) is 0. The highest BCUT2D eigenvalue weighted by Crippen LogP contribution is 2.37. The lowest BCUT2D eigenvalue weighted by molar-refractivity contribution is 0.203. The van der Waals surface area contributed by atoms with Crippen molar-refractivity contribution in [1.29, 1.82) is 0 Å². The smallest absolute Gasteiger partial charge is 0.0300 e. The summed E-state index contributed by atoms with van der Waals surface area (Å²) in [6.45, 7) is 14.0. The summed E-state index contributed by atoms with van der Waals surface area (Å²) in [6, 6.07) is 0. The molecule has 0 aromatic carbocycles. The van der Waals surface area contributed by atoms with Crippen LogP contribution in [0.5, 0.6) is 0 Å². The zero-order valence-corrected chi connectivity index (χ0v) is 11.8. The van der Waals surface area contributed by atoms with Gasteiger partial charge in [-0.25, -0.2) is 0 Å². The van der Waals surface area contributed by atoms with Crippen molar-refractivity contribution in [3.63, 3.8) is 0 Å². The van der Waals surface area contributed by atoms with Crippen LogP contribution in [0.3, 0.4) is 0 Å². The van der Waals surface area contributed by atoms with Crippen LogP contribution in [-0.2, 0) is 0 Å². The molecule has 0 aromatic rings. The molecule has 0 heteroatoms. The third kappa shape index (κ3) is 6.98. The van der Waals surface area contributed by atoms with Crippen molar-refractivity contribution in [3.8, 4) is 0 Å². The van der Waals surface area contributed by atoms with Crippen LogP contribution < -0.4 is 0 Å². The van der Waals surface area contributed by atoms with Crippen LogP contribution in [0.25, 0.3) is 0 Å². The third-order valence-corrected chi connectivity index (χ3v) is 3.31. The normalized spacial score (nSPS) is 14.6. The SMILES string of the molecule is CCCC(C)(CCC)CC(C)C[C](C)C. The second-order valence-corrected chi connectivity index (χ2v) is 6.03. The second-order valence-electron chi connectivity index (χ2n) is 6.03. The highest BCUT2D eigenvalue weighted by atomic mass is 14.3. The summed E-state index contributed by atoms with van der Waals surface area (Å²) < 4.78 is 0. The van der Waals surface area contributed by atoms with Crippen LogP contribution in [0.1, 0.15) is 80.1 Å². The summed E-state index contributed by atoms with van der Waals surface area (Å²) in [6.07, 6.45) is 8.17. The molecular weight excluding hydrogens is 180 g/mol. The van der Waals surface area contributed by atoms with Crippen LogP contribution in [-0.4, -0.2) is 0 Å². The Morgan fingerprint density at radius 3 is 1.87 bits per heavy atom. The van der Waals surface area contributed by atoms with E-state index in [9.17, 15) is 0 Å². The van der Waals surface area contributed by atoms with E-state index in [-0.39, 0.29) is 0 Å². The Morgan fingerprint density at radius 1 is 1.07 bits per heavy atom. The van der Waals surface area contributed by atoms with E-state index in [4.69, 9.17) is 0 Å². The molecule has 91 valence electrons. The van der Waals surface area contributed by atoms with E-state index >= 15 is 0 Å². The molecule has 0 aliphatic rings. The van der Waals surface area contributed by atoms with Crippen LogP contribution in [0.2, 0.25) is 0 Å². The lowest BCUT2D eigenvalue weighted by Crippen LogP contribution is -2.20. The van der Waals surface area contributed by atoms with Gasteiger partial charge in [0.25, 0.3) is 0 Å². The van der Waals surface area contributed by atoms with Crippen molar-refractivity contribution in [2.45, 2.75) is 80.1 Å². The van der Waals surface area contributed by atoms with Gasteiger partial charge in [0, 0.05) is 0 Å². The van der Waals surface area contributed by atoms with Gasteiger partial charge >= 0.3 is 0 Å². The first-order valence-electron chi connectivity index (χ1n) is 6.72. The molecule has 0 aliphatic carbocycles. The van der Waals surface area contributed by atoms with E-state index in [0.29, 0.717) is 5.41 Å². The van der Waals surface area contributed by atoms with Gasteiger partial charge in [-0.15, -0.1) is 0 Å². The fourth-order valence-electron chi connectivity index (χ4n) is 3.15. The number of hydrogen-bond acceptors (Lipinski definition) is 0. The highest BCUT2D eigenvalue weighted by Gasteiger charge is 2.24. The van der Waals surface area contributed by atoms with E-state index in [1.807, 2.05) is 0 Å². The number of rotatable bonds is 8. The summed E-state index contributed by atoms with van der Waals surface area (Å²) in [5.74, 6) is 2.44. The summed E-state index contributed by atoms with van der Waals surface area (Å²) in [5.41, 5.74) is 0.596. The summed E-state index contributed by atoms with van der Waals surface area (Å²) >= 11 is 0. The van der Waals surface area contributed by atoms with Gasteiger partial charge in [0.1, 0.15) is 0 Å². The van der Waals surface area contributed by atoms with Crippen LogP contribution in [0.15, 0.2) is 0 Å². The molecule has 0 saturated carbocycles. The Kier molecular flexibility index (Phi) is 7.30. The Morgan fingerprint density at radius 2 is 1.53 bits per heavy atom. The average molecular weight is 211 g/mol. The van der Waals surface area contributed by atoms with E-state index in [2.05, 4.69) is 41.5 Å². The molecule has 0 spiro atoms. The molecule has 0 aliphatic heterocycles. The Balaban J connectivity index is 4.14. The zero-order valence-electron chi connectivity index (χ0n) is 11.8. The van der Waals surface area contributed by atoms with Crippen molar-refractivity contribution in [1.82, 2.24) is 0 Å². The molecule has 0 N–H and O–H groups in total. The summed E-state index contributed by atoms with van der Waals surface area (Å²) in [5, 5.41) is 0. The molecule has 1 radical (unpaired) electrons. The zero-order chi connectivity index (χ0) is 11.9. The standard InChI is InChI=1S/C15H31/c1-7-9-15(6,10-8-2)12-14(5)11-13(3)4/h14H,7-12H2,1-6H3. The van der Waals surface area contributed by atoms with Gasteiger partial charge in [-0.1, -0.05) is 54.4 Å². The van der Waals surface area contributed by atoms with Crippen LogP contribution in [0.4, 0.5) is 0 Å². The van der Waals surface area contributed by atoms with E-state index in [0.717, 1.165) is 5.92 Å². The molecule has 1 atom stereocenters. The lowest BCUT2D eigenvalue weighted by Gasteiger charge is -2.32. The predicted octanol–water partition coefficient (Wildman–Crippen LogP) is 5.62. The highest BCUT2D eigenvalue weighted by molar-refractivity contribution is 4.83. The van der Waals surface area contributed by atoms with Gasteiger partial charge in [-0.05, 0) is 42.9 Å². The molecule has 0 nitrogen and oxygen atoms in total. The van der Waals surface area contributed by atoms with Gasteiger partial charge in [0.15, 0.2) is 0 Å². The summed E-state index contributed by atoms with van der Waals surface area (Å²) in [7, 11) is 0. The molecular formula is C15H31. The molecule has 0 bridgehead atoms. The quantitative estimate of drug-likeness (QED) is 0.488. The molecule has 0 aromatic heterocycles. The van der Waals surface area contributed by atoms with Crippen molar-refractivity contribution < 1.29 is 0 Å². The minimum Gasteiger partial charge on any atom is -0.0654 e. The fraction of sp³-hybridized carbons (Fsp3) is 0.933. The first-order valence-corrected chi connectivity index (χ1v) is 6.72. The largest absolute Gasteiger partial charge is 0.0654 e. The third-order valence-electron chi connectivity index (χ3n) is 3.31.